The van der Waals surface area contributed by atoms with Gasteiger partial charge in [-0.15, -0.1) is 4.13 Å². The molecule has 5 nitrogen and oxygen atoms in total. The van der Waals surface area contributed by atoms with Gasteiger partial charge >= 0.3 is 24.7 Å². The molecule has 1 aliphatic heterocycles. The van der Waals surface area contributed by atoms with E-state index in [0.29, 0.717) is 0 Å². The van der Waals surface area contributed by atoms with Crippen molar-refractivity contribution in [3.05, 3.63) is 95.1 Å². The summed E-state index contributed by atoms with van der Waals surface area (Å²) in [5, 5.41) is 0. The number of rotatable bonds is 2. The molecule has 47 heavy (non-hydrogen) atoms. The summed E-state index contributed by atoms with van der Waals surface area (Å²) in [5.74, 6) is 0. The maximum absolute atomic E-state index is 13.6. The van der Waals surface area contributed by atoms with Crippen LogP contribution in [0.1, 0.15) is 22.3 Å². The van der Waals surface area contributed by atoms with E-state index in [9.17, 15) is 69.5 Å². The van der Waals surface area contributed by atoms with Crippen LogP contribution in [-0.4, -0.2) is 16.8 Å². The summed E-state index contributed by atoms with van der Waals surface area (Å²) < 4.78 is 219. The first-order valence-corrected chi connectivity index (χ1v) is 15.4. The first kappa shape index (κ1) is 34.2. The summed E-state index contributed by atoms with van der Waals surface area (Å²) in [6.07, 6.45) is -21.4. The average molecular weight is 720 g/mol. The van der Waals surface area contributed by atoms with E-state index >= 15 is 0 Å². The molecule has 0 unspecified atom stereocenters. The molecule has 1 heterocycles. The summed E-state index contributed by atoms with van der Waals surface area (Å²) in [4.78, 5) is -2.26. The Labute approximate surface area is 256 Å². The van der Waals surface area contributed by atoms with Gasteiger partial charge in [0.25, 0.3) is 20.0 Å². The van der Waals surface area contributed by atoms with Crippen LogP contribution < -0.4 is 4.13 Å². The first-order valence-electron chi connectivity index (χ1n) is 12.5. The molecule has 250 valence electrons. The van der Waals surface area contributed by atoms with Crippen molar-refractivity contribution < 1.29 is 69.5 Å². The third-order valence-corrected chi connectivity index (χ3v) is 10.6. The molecule has 0 aliphatic carbocycles. The van der Waals surface area contributed by atoms with E-state index in [2.05, 4.69) is 0 Å². The zero-order valence-electron chi connectivity index (χ0n) is 22.4. The Bertz CT molecular complexity index is 1930. The Kier molecular flexibility index (Phi) is 7.80. The van der Waals surface area contributed by atoms with E-state index in [1.807, 2.05) is 0 Å². The molecule has 0 aromatic heterocycles. The van der Waals surface area contributed by atoms with E-state index in [0.717, 1.165) is 36.4 Å². The maximum atomic E-state index is 13.6. The molecule has 1 N–H and O–H groups in total. The fraction of sp³-hybridized carbons (Fsp3) is 0.143. The van der Waals surface area contributed by atoms with E-state index in [4.69, 9.17) is 0 Å². The van der Waals surface area contributed by atoms with E-state index in [-0.39, 0.29) is 36.4 Å². The van der Waals surface area contributed by atoms with Gasteiger partial charge in [-0.05, 0) is 47.5 Å². The van der Waals surface area contributed by atoms with Gasteiger partial charge < -0.3 is 0 Å². The second-order valence-corrected chi connectivity index (χ2v) is 13.5. The minimum Gasteiger partial charge on any atom is -0.206 e. The number of nitrogens with one attached hydrogen (secondary N) is 1. The van der Waals surface area contributed by atoms with Crippen molar-refractivity contribution in [2.24, 2.45) is 0 Å². The second-order valence-electron chi connectivity index (χ2n) is 10.0. The van der Waals surface area contributed by atoms with Crippen LogP contribution >= 0.6 is 0 Å². The number of benzene rings is 4. The molecule has 4 aromatic carbocycles. The number of alkyl halides is 12. The summed E-state index contributed by atoms with van der Waals surface area (Å²) in [5.41, 5.74) is -12.2. The van der Waals surface area contributed by atoms with Crippen LogP contribution in [0.15, 0.2) is 82.6 Å². The quantitative estimate of drug-likeness (QED) is 0.210. The van der Waals surface area contributed by atoms with E-state index in [1.165, 1.54) is 4.13 Å². The molecule has 0 atom stereocenters. The number of fused-ring (bicyclic) bond motifs is 3. The Morgan fingerprint density at radius 3 is 0.915 bits per heavy atom. The van der Waals surface area contributed by atoms with Crippen LogP contribution in [0.25, 0.3) is 33.4 Å². The minimum absolute atomic E-state index is 0.193. The molecule has 0 saturated heterocycles. The number of hydrogen-bond acceptors (Lipinski definition) is 4. The number of sulfonamides is 2. The van der Waals surface area contributed by atoms with Crippen molar-refractivity contribution in [2.45, 2.75) is 34.5 Å². The van der Waals surface area contributed by atoms with Gasteiger partial charge in [0.15, 0.2) is 0 Å². The predicted octanol–water partition coefficient (Wildman–Crippen LogP) is 8.74. The highest BCUT2D eigenvalue weighted by Gasteiger charge is 2.42. The van der Waals surface area contributed by atoms with E-state index in [1.54, 1.807) is 0 Å². The third-order valence-electron chi connectivity index (χ3n) is 6.87. The predicted molar refractivity (Wildman–Crippen MR) is 140 cm³/mol. The second kappa shape index (κ2) is 10.7. The molecule has 1 aliphatic rings. The van der Waals surface area contributed by atoms with Crippen molar-refractivity contribution in [3.63, 3.8) is 0 Å². The average Bonchev–Trinajstić information content (AvgIpc) is 3.00. The smallest absolute Gasteiger partial charge is 0.206 e. The number of hydrogen-bond donors (Lipinski definition) is 1. The highest BCUT2D eigenvalue weighted by atomic mass is 32.3. The minimum atomic E-state index is -5.45. The molecule has 0 saturated carbocycles. The van der Waals surface area contributed by atoms with Crippen molar-refractivity contribution in [1.82, 2.24) is 4.13 Å². The van der Waals surface area contributed by atoms with Gasteiger partial charge in [-0.2, -0.15) is 52.7 Å². The Morgan fingerprint density at radius 2 is 0.660 bits per heavy atom. The molecule has 5 rings (SSSR count). The highest BCUT2D eigenvalue weighted by Crippen LogP contribution is 2.47. The largest absolute Gasteiger partial charge is 0.416 e. The van der Waals surface area contributed by atoms with Gasteiger partial charge in [-0.1, -0.05) is 36.4 Å². The molecule has 0 spiro atoms. The Balaban J connectivity index is 1.88. The SMILES string of the molecule is O=S1(=O)NS(=O)(=O)c2c(-c3cc(C(F)(F)F)cc(C(F)(F)F)c3)cccc2-c2cccc(-c3cc(C(F)(F)F)cc(C(F)(F)F)c3)c21. The zero-order chi connectivity index (χ0) is 35.1. The molecule has 0 fully saturated rings. The van der Waals surface area contributed by atoms with Gasteiger partial charge in [-0.25, -0.2) is 16.8 Å². The monoisotopic (exact) mass is 719 g/mol. The lowest BCUT2D eigenvalue weighted by atomic mass is 9.93. The van der Waals surface area contributed by atoms with Gasteiger partial charge in [0.1, 0.15) is 0 Å². The van der Waals surface area contributed by atoms with Gasteiger partial charge in [0.2, 0.25) is 0 Å². The Hall–Kier alpha value is -4.10. The summed E-state index contributed by atoms with van der Waals surface area (Å²) in [7, 11) is -10.9. The number of halogens is 12. The standard InChI is InChI=1S/C28H13F12NO4S2/c29-25(30,31)15-7-13(8-16(11-15)26(32,33)34)19-3-1-5-21-22-6-2-4-20(24(22)47(44,45)41-46(42,43)23(19)21)14-9-17(27(35,36)37)12-18(10-14)28(38,39)40/h1-12,41H. The third kappa shape index (κ3) is 6.42. The van der Waals surface area contributed by atoms with Crippen LogP contribution in [0.3, 0.4) is 0 Å². The fourth-order valence-electron chi connectivity index (χ4n) is 4.98. The maximum Gasteiger partial charge on any atom is 0.416 e. The normalized spacial score (nSPS) is 16.3. The highest BCUT2D eigenvalue weighted by molar-refractivity contribution is 8.05. The first-order chi connectivity index (χ1) is 21.3. The molecule has 0 bridgehead atoms. The van der Waals surface area contributed by atoms with Crippen LogP contribution in [0.5, 0.6) is 0 Å². The molecule has 0 amide bonds. The summed E-state index contributed by atoms with van der Waals surface area (Å²) in [6.45, 7) is 0. The van der Waals surface area contributed by atoms with Gasteiger partial charge in [-0.3, -0.25) is 0 Å². The Morgan fingerprint density at radius 1 is 0.404 bits per heavy atom. The summed E-state index contributed by atoms with van der Waals surface area (Å²) in [6, 6.07) is 5.63. The van der Waals surface area contributed by atoms with Crippen LogP contribution in [0.4, 0.5) is 52.7 Å². The van der Waals surface area contributed by atoms with Crippen molar-refractivity contribution in [2.75, 3.05) is 0 Å². The van der Waals surface area contributed by atoms with Crippen LogP contribution in [0, 0.1) is 0 Å². The molecular weight excluding hydrogens is 706 g/mol. The van der Waals surface area contributed by atoms with Crippen molar-refractivity contribution in [1.29, 1.82) is 0 Å². The van der Waals surface area contributed by atoms with Gasteiger partial charge in [0, 0.05) is 22.3 Å². The van der Waals surface area contributed by atoms with Crippen molar-refractivity contribution >= 4 is 20.0 Å². The molecule has 19 heteroatoms. The van der Waals surface area contributed by atoms with Crippen LogP contribution in [-0.2, 0) is 44.8 Å². The molecular formula is C28H13F12NO4S2. The molecule has 4 aromatic rings. The van der Waals surface area contributed by atoms with Crippen molar-refractivity contribution in [3.8, 4) is 33.4 Å². The van der Waals surface area contributed by atoms with E-state index < -0.39 is 110 Å². The summed E-state index contributed by atoms with van der Waals surface area (Å²) >= 11 is 0. The fourth-order valence-corrected chi connectivity index (χ4v) is 8.69. The zero-order valence-corrected chi connectivity index (χ0v) is 24.0. The lowest BCUT2D eigenvalue weighted by Crippen LogP contribution is -2.30. The topological polar surface area (TPSA) is 80.3 Å². The van der Waals surface area contributed by atoms with Gasteiger partial charge in [0.05, 0.1) is 32.0 Å². The van der Waals surface area contributed by atoms with Crippen LogP contribution in [0.2, 0.25) is 0 Å². The lowest BCUT2D eigenvalue weighted by molar-refractivity contribution is -0.144. The molecule has 0 radical (unpaired) electrons. The lowest BCUT2D eigenvalue weighted by Gasteiger charge is -2.18.